The van der Waals surface area contributed by atoms with Crippen LogP contribution in [0.15, 0.2) is 46.3 Å². The number of anilines is 1. The van der Waals surface area contributed by atoms with Crippen LogP contribution < -0.4 is 10.9 Å². The molecule has 3 aliphatic rings. The molecule has 7 heteroatoms. The summed E-state index contributed by atoms with van der Waals surface area (Å²) in [5.41, 5.74) is 2.25. The Balaban J connectivity index is 1.92. The van der Waals surface area contributed by atoms with E-state index in [0.717, 1.165) is 46.9 Å². The van der Waals surface area contributed by atoms with Crippen molar-refractivity contribution in [2.24, 2.45) is 4.99 Å². The highest BCUT2D eigenvalue weighted by atomic mass is 79.9. The van der Waals surface area contributed by atoms with Gasteiger partial charge in [0, 0.05) is 37.2 Å². The molecule has 1 aromatic rings. The van der Waals surface area contributed by atoms with Gasteiger partial charge in [-0.05, 0) is 40.5 Å². The first kappa shape index (κ1) is 13.4. The number of hydrogen-bond donors (Lipinski definition) is 1. The van der Waals surface area contributed by atoms with E-state index in [1.165, 1.54) is 0 Å². The predicted octanol–water partition coefficient (Wildman–Crippen LogP) is 2.59. The second-order valence-corrected chi connectivity index (χ2v) is 5.89. The molecule has 0 radical (unpaired) electrons. The molecule has 6 nitrogen and oxygen atoms in total. The Kier molecular flexibility index (Phi) is 3.34. The quantitative estimate of drug-likeness (QED) is 0.727. The lowest BCUT2D eigenvalue weighted by Gasteiger charge is -2.25. The van der Waals surface area contributed by atoms with Crippen molar-refractivity contribution < 1.29 is 0 Å². The maximum Gasteiger partial charge on any atom is 0.251 e. The van der Waals surface area contributed by atoms with Crippen LogP contribution in [-0.2, 0) is 6.54 Å². The van der Waals surface area contributed by atoms with E-state index < -0.39 is 0 Å². The molecule has 4 heterocycles. The molecule has 0 unspecified atom stereocenters. The van der Waals surface area contributed by atoms with Crippen LogP contribution in [0.2, 0.25) is 0 Å². The molecule has 110 valence electrons. The third-order valence-electron chi connectivity index (χ3n) is 3.56. The highest BCUT2D eigenvalue weighted by Gasteiger charge is 2.18. The van der Waals surface area contributed by atoms with E-state index in [4.69, 9.17) is 0 Å². The molecule has 4 rings (SSSR count). The van der Waals surface area contributed by atoms with Gasteiger partial charge in [0.05, 0.1) is 10.2 Å². The second kappa shape index (κ2) is 5.49. The van der Waals surface area contributed by atoms with E-state index >= 15 is 0 Å². The fourth-order valence-corrected chi connectivity index (χ4v) is 3.16. The fourth-order valence-electron chi connectivity index (χ4n) is 2.56. The van der Waals surface area contributed by atoms with Gasteiger partial charge in [-0.1, -0.05) is 0 Å². The lowest BCUT2D eigenvalue weighted by Crippen LogP contribution is -2.24. The molecule has 3 aliphatic heterocycles. The van der Waals surface area contributed by atoms with Crippen molar-refractivity contribution in [1.29, 1.82) is 0 Å². The zero-order valence-corrected chi connectivity index (χ0v) is 13.3. The molecule has 0 saturated carbocycles. The number of hydrogen-bond acceptors (Lipinski definition) is 5. The van der Waals surface area contributed by atoms with Gasteiger partial charge < -0.3 is 9.88 Å². The summed E-state index contributed by atoms with van der Waals surface area (Å²) in [5.74, 6) is 1.96. The molecule has 0 atom stereocenters. The minimum absolute atomic E-state index is 0.460. The molecule has 0 fully saturated rings. The number of nitrogens with one attached hydrogen (secondary N) is 1. The summed E-state index contributed by atoms with van der Waals surface area (Å²) in [4.78, 5) is 17.4. The van der Waals surface area contributed by atoms with Crippen LogP contribution in [0.3, 0.4) is 0 Å². The van der Waals surface area contributed by atoms with E-state index in [1.807, 2.05) is 24.4 Å². The smallest absolute Gasteiger partial charge is 0.251 e. The molecule has 0 bridgehead atoms. The number of aromatic nitrogens is 4. The van der Waals surface area contributed by atoms with E-state index in [-0.39, 0.29) is 0 Å². The summed E-state index contributed by atoms with van der Waals surface area (Å²) in [6.45, 7) is 1.91. The predicted molar refractivity (Wildman–Crippen MR) is 86.9 cm³/mol. The maximum absolute atomic E-state index is 4.63. The van der Waals surface area contributed by atoms with Crippen molar-refractivity contribution >= 4 is 27.4 Å². The Bertz CT molecular complexity index is 858. The zero-order valence-electron chi connectivity index (χ0n) is 11.7. The summed E-state index contributed by atoms with van der Waals surface area (Å²) in [7, 11) is 0. The third kappa shape index (κ3) is 2.37. The number of pyridine rings is 2. The number of nitrogens with zero attached hydrogens (tertiary/aromatic N) is 5. The Morgan fingerprint density at radius 2 is 2.14 bits per heavy atom. The number of fused-ring (bicyclic) bond motifs is 3. The maximum atomic E-state index is 4.63. The van der Waals surface area contributed by atoms with Crippen molar-refractivity contribution in [3.8, 4) is 11.4 Å². The molecular formula is C15H13BrN6. The summed E-state index contributed by atoms with van der Waals surface area (Å²) in [5, 5.41) is 3.41. The fraction of sp³-hybridized carbons (Fsp3) is 0.200. The summed E-state index contributed by atoms with van der Waals surface area (Å²) in [6.07, 6.45) is 6.30. The zero-order chi connectivity index (χ0) is 14.9. The molecule has 0 amide bonds. The van der Waals surface area contributed by atoms with Gasteiger partial charge in [-0.15, -0.1) is 0 Å². The Morgan fingerprint density at radius 1 is 1.27 bits per heavy atom. The highest BCUT2D eigenvalue weighted by molar-refractivity contribution is 9.10. The van der Waals surface area contributed by atoms with Gasteiger partial charge >= 0.3 is 0 Å². The lowest BCUT2D eigenvalue weighted by molar-refractivity contribution is 0.618. The van der Waals surface area contributed by atoms with Crippen LogP contribution in [0, 0.1) is 0 Å². The molecule has 22 heavy (non-hydrogen) atoms. The lowest BCUT2D eigenvalue weighted by atomic mass is 10.2. The molecular weight excluding hydrogens is 344 g/mol. The second-order valence-electron chi connectivity index (χ2n) is 5.04. The molecule has 0 saturated heterocycles. The van der Waals surface area contributed by atoms with Gasteiger partial charge in [0.25, 0.3) is 5.62 Å². The Hall–Kier alpha value is -2.28. The third-order valence-corrected chi connectivity index (χ3v) is 4.16. The van der Waals surface area contributed by atoms with Crippen LogP contribution >= 0.6 is 15.9 Å². The SMILES string of the molecule is Brc1cc2cnc(=Nc3ccncc3)nc-2n2c1NCCC2. The van der Waals surface area contributed by atoms with Gasteiger partial charge in [-0.3, -0.25) is 4.98 Å². The Labute approximate surface area is 135 Å². The van der Waals surface area contributed by atoms with Gasteiger partial charge in [0.2, 0.25) is 0 Å². The number of rotatable bonds is 1. The minimum Gasteiger partial charge on any atom is -0.370 e. The van der Waals surface area contributed by atoms with Crippen LogP contribution in [0.1, 0.15) is 6.42 Å². The molecule has 1 N–H and O–H groups in total. The van der Waals surface area contributed by atoms with Crippen LogP contribution in [-0.4, -0.2) is 26.1 Å². The molecule has 0 aliphatic carbocycles. The summed E-state index contributed by atoms with van der Waals surface area (Å²) >= 11 is 3.61. The van der Waals surface area contributed by atoms with E-state index in [9.17, 15) is 0 Å². The van der Waals surface area contributed by atoms with Crippen molar-refractivity contribution in [1.82, 2.24) is 19.5 Å². The van der Waals surface area contributed by atoms with Gasteiger partial charge in [0.15, 0.2) is 0 Å². The van der Waals surface area contributed by atoms with E-state index in [0.29, 0.717) is 5.62 Å². The first-order chi connectivity index (χ1) is 10.8. The van der Waals surface area contributed by atoms with Crippen molar-refractivity contribution in [3.05, 3.63) is 46.9 Å². The van der Waals surface area contributed by atoms with Crippen LogP contribution in [0.25, 0.3) is 11.4 Å². The average Bonchev–Trinajstić information content (AvgIpc) is 2.57. The summed E-state index contributed by atoms with van der Waals surface area (Å²) in [6, 6.07) is 5.70. The van der Waals surface area contributed by atoms with Crippen LogP contribution in [0.5, 0.6) is 0 Å². The van der Waals surface area contributed by atoms with Crippen molar-refractivity contribution in [3.63, 3.8) is 0 Å². The molecule has 0 aromatic carbocycles. The number of halogens is 1. The molecule has 1 aromatic heterocycles. The van der Waals surface area contributed by atoms with Gasteiger partial charge in [-0.25, -0.2) is 9.98 Å². The Morgan fingerprint density at radius 3 is 3.00 bits per heavy atom. The van der Waals surface area contributed by atoms with Crippen molar-refractivity contribution in [2.45, 2.75) is 13.0 Å². The van der Waals surface area contributed by atoms with Gasteiger partial charge in [0.1, 0.15) is 11.6 Å². The van der Waals surface area contributed by atoms with Gasteiger partial charge in [-0.2, -0.15) is 4.98 Å². The monoisotopic (exact) mass is 356 g/mol. The average molecular weight is 357 g/mol. The largest absolute Gasteiger partial charge is 0.370 e. The first-order valence-corrected chi connectivity index (χ1v) is 7.85. The summed E-state index contributed by atoms with van der Waals surface area (Å²) < 4.78 is 3.21. The topological polar surface area (TPSA) is 68.0 Å². The van der Waals surface area contributed by atoms with E-state index in [2.05, 4.69) is 45.8 Å². The normalized spacial score (nSPS) is 14.7. The highest BCUT2D eigenvalue weighted by Crippen LogP contribution is 2.32. The van der Waals surface area contributed by atoms with Crippen LogP contribution in [0.4, 0.5) is 11.5 Å². The van der Waals surface area contributed by atoms with Crippen molar-refractivity contribution in [2.75, 3.05) is 11.9 Å². The van der Waals surface area contributed by atoms with E-state index in [1.54, 1.807) is 12.4 Å². The first-order valence-electron chi connectivity index (χ1n) is 7.06. The molecule has 0 spiro atoms. The standard InChI is InChI=1S/C15H13BrN6/c16-12-8-10-9-19-15(20-11-2-5-17-6-3-11)21-13(10)22-7-1-4-18-14(12)22/h2-3,5-6,8-9,18H,1,4,7H2. The minimum atomic E-state index is 0.460.